The van der Waals surface area contributed by atoms with E-state index >= 15 is 0 Å². The fourth-order valence-corrected chi connectivity index (χ4v) is 2.06. The second kappa shape index (κ2) is 5.46. The summed E-state index contributed by atoms with van der Waals surface area (Å²) in [4.78, 5) is 3.96. The van der Waals surface area contributed by atoms with Crippen molar-refractivity contribution in [3.63, 3.8) is 0 Å². The number of pyridine rings is 1. The Balaban J connectivity index is 2.40. The molecular weight excluding hydrogens is 301 g/mol. The summed E-state index contributed by atoms with van der Waals surface area (Å²) >= 11 is 3.29. The Hall–Kier alpha value is -1.46. The van der Waals surface area contributed by atoms with E-state index in [-0.39, 0.29) is 0 Å². The van der Waals surface area contributed by atoms with Gasteiger partial charge in [0.1, 0.15) is 17.7 Å². The quantitative estimate of drug-likeness (QED) is 0.947. The molecule has 0 amide bonds. The van der Waals surface area contributed by atoms with Gasteiger partial charge in [0.05, 0.1) is 13.3 Å². The molecule has 0 radical (unpaired) electrons. The zero-order chi connectivity index (χ0) is 13.1. The number of halogens is 2. The number of aromatic nitrogens is 1. The molecule has 0 saturated carbocycles. The summed E-state index contributed by atoms with van der Waals surface area (Å²) in [6.45, 7) is 0. The van der Waals surface area contributed by atoms with E-state index in [9.17, 15) is 9.50 Å². The molecule has 1 atom stereocenters. The molecule has 0 aliphatic rings. The van der Waals surface area contributed by atoms with E-state index in [0.29, 0.717) is 21.3 Å². The van der Waals surface area contributed by atoms with Crippen LogP contribution in [0.15, 0.2) is 41.1 Å². The fraction of sp³-hybridized carbons (Fsp3) is 0.154. The van der Waals surface area contributed by atoms with Gasteiger partial charge in [0.2, 0.25) is 0 Å². The van der Waals surface area contributed by atoms with Crippen LogP contribution in [-0.4, -0.2) is 17.2 Å². The van der Waals surface area contributed by atoms with Crippen LogP contribution in [0.2, 0.25) is 0 Å². The molecule has 94 valence electrons. The summed E-state index contributed by atoms with van der Waals surface area (Å²) in [5.41, 5.74) is 0.991. The third-order valence-electron chi connectivity index (χ3n) is 2.54. The van der Waals surface area contributed by atoms with Gasteiger partial charge in [-0.05, 0) is 24.3 Å². The van der Waals surface area contributed by atoms with E-state index in [1.54, 1.807) is 12.1 Å². The van der Waals surface area contributed by atoms with Crippen molar-refractivity contribution in [2.24, 2.45) is 0 Å². The van der Waals surface area contributed by atoms with Crippen molar-refractivity contribution in [2.75, 3.05) is 7.11 Å². The van der Waals surface area contributed by atoms with Gasteiger partial charge in [0.25, 0.3) is 0 Å². The third-order valence-corrected chi connectivity index (χ3v) is 3.26. The number of aliphatic hydroxyl groups is 1. The summed E-state index contributed by atoms with van der Waals surface area (Å²) in [6.07, 6.45) is 2.10. The number of hydrogen-bond donors (Lipinski definition) is 1. The molecule has 0 bridgehead atoms. The van der Waals surface area contributed by atoms with Gasteiger partial charge in [-0.25, -0.2) is 4.39 Å². The minimum atomic E-state index is -0.960. The maximum atomic E-state index is 13.2. The molecule has 0 aliphatic carbocycles. The Labute approximate surface area is 112 Å². The van der Waals surface area contributed by atoms with Gasteiger partial charge in [-0.1, -0.05) is 15.9 Å². The lowest BCUT2D eigenvalue weighted by molar-refractivity contribution is 0.218. The van der Waals surface area contributed by atoms with Gasteiger partial charge in [0, 0.05) is 21.8 Å². The van der Waals surface area contributed by atoms with Gasteiger partial charge in [-0.2, -0.15) is 0 Å². The van der Waals surface area contributed by atoms with Gasteiger partial charge in [-0.15, -0.1) is 0 Å². The van der Waals surface area contributed by atoms with Crippen LogP contribution < -0.4 is 4.74 Å². The van der Waals surface area contributed by atoms with Crippen LogP contribution in [0.25, 0.3) is 0 Å². The lowest BCUT2D eigenvalue weighted by Crippen LogP contribution is -2.02. The second-order valence-electron chi connectivity index (χ2n) is 3.73. The van der Waals surface area contributed by atoms with Crippen LogP contribution in [0.3, 0.4) is 0 Å². The summed E-state index contributed by atoms with van der Waals surface area (Å²) < 4.78 is 18.9. The number of rotatable bonds is 3. The van der Waals surface area contributed by atoms with E-state index in [0.717, 1.165) is 0 Å². The maximum absolute atomic E-state index is 13.2. The minimum Gasteiger partial charge on any atom is -0.495 e. The molecule has 2 aromatic rings. The molecule has 18 heavy (non-hydrogen) atoms. The molecule has 1 aromatic heterocycles. The lowest BCUT2D eigenvalue weighted by Gasteiger charge is -2.13. The van der Waals surface area contributed by atoms with Gasteiger partial charge in [0.15, 0.2) is 0 Å². The highest BCUT2D eigenvalue weighted by Crippen LogP contribution is 2.30. The number of aliphatic hydroxyl groups excluding tert-OH is 1. The first-order valence-corrected chi connectivity index (χ1v) is 6.03. The third kappa shape index (κ3) is 2.68. The second-order valence-corrected chi connectivity index (χ2v) is 4.58. The smallest absolute Gasteiger partial charge is 0.137 e. The standard InChI is InChI=1S/C13H11BrFNO2/c1-18-10-4-8(6-16-7-10)13(17)11-5-9(15)2-3-12(11)14/h2-7,13,17H,1H3. The van der Waals surface area contributed by atoms with Crippen molar-refractivity contribution < 1.29 is 14.2 Å². The molecule has 1 heterocycles. The van der Waals surface area contributed by atoms with Gasteiger partial charge in [-0.3, -0.25) is 4.98 Å². The van der Waals surface area contributed by atoms with Crippen molar-refractivity contribution in [2.45, 2.75) is 6.10 Å². The van der Waals surface area contributed by atoms with E-state index in [1.165, 1.54) is 31.6 Å². The Morgan fingerprint density at radius 1 is 1.33 bits per heavy atom. The SMILES string of the molecule is COc1cncc(C(O)c2cc(F)ccc2Br)c1. The highest BCUT2D eigenvalue weighted by molar-refractivity contribution is 9.10. The predicted molar refractivity (Wildman–Crippen MR) is 69.0 cm³/mol. The van der Waals surface area contributed by atoms with Crippen molar-refractivity contribution in [1.29, 1.82) is 0 Å². The first-order valence-electron chi connectivity index (χ1n) is 5.24. The average molecular weight is 312 g/mol. The van der Waals surface area contributed by atoms with Crippen LogP contribution >= 0.6 is 15.9 Å². The Kier molecular flexibility index (Phi) is 3.93. The van der Waals surface area contributed by atoms with Crippen molar-refractivity contribution in [1.82, 2.24) is 4.98 Å². The number of nitrogens with zero attached hydrogens (tertiary/aromatic N) is 1. The topological polar surface area (TPSA) is 42.4 Å². The van der Waals surface area contributed by atoms with E-state index < -0.39 is 11.9 Å². The first kappa shape index (κ1) is 13.0. The first-order chi connectivity index (χ1) is 8.61. The number of benzene rings is 1. The molecule has 1 N–H and O–H groups in total. The molecule has 0 fully saturated rings. The molecule has 1 aromatic carbocycles. The molecule has 0 aliphatic heterocycles. The molecule has 0 saturated heterocycles. The normalized spacial score (nSPS) is 12.2. The molecule has 2 rings (SSSR count). The largest absolute Gasteiger partial charge is 0.495 e. The van der Waals surface area contributed by atoms with Crippen LogP contribution in [0.4, 0.5) is 4.39 Å². The Morgan fingerprint density at radius 2 is 2.11 bits per heavy atom. The van der Waals surface area contributed by atoms with E-state index in [1.807, 2.05) is 0 Å². The van der Waals surface area contributed by atoms with Crippen molar-refractivity contribution in [3.8, 4) is 5.75 Å². The lowest BCUT2D eigenvalue weighted by atomic mass is 10.0. The summed E-state index contributed by atoms with van der Waals surface area (Å²) in [5.74, 6) is 0.141. The number of hydrogen-bond acceptors (Lipinski definition) is 3. The summed E-state index contributed by atoms with van der Waals surface area (Å²) in [6, 6.07) is 5.83. The zero-order valence-electron chi connectivity index (χ0n) is 9.60. The van der Waals surface area contributed by atoms with Crippen LogP contribution in [-0.2, 0) is 0 Å². The average Bonchev–Trinajstić information content (AvgIpc) is 2.41. The summed E-state index contributed by atoms with van der Waals surface area (Å²) in [7, 11) is 1.52. The monoisotopic (exact) mass is 311 g/mol. The molecule has 1 unspecified atom stereocenters. The molecule has 3 nitrogen and oxygen atoms in total. The van der Waals surface area contributed by atoms with Crippen LogP contribution in [0.5, 0.6) is 5.75 Å². The van der Waals surface area contributed by atoms with Crippen LogP contribution in [0, 0.1) is 5.82 Å². The molecular formula is C13H11BrFNO2. The van der Waals surface area contributed by atoms with Crippen molar-refractivity contribution in [3.05, 3.63) is 58.1 Å². The highest BCUT2D eigenvalue weighted by atomic mass is 79.9. The Bertz CT molecular complexity index is 562. The van der Waals surface area contributed by atoms with E-state index in [4.69, 9.17) is 4.74 Å². The van der Waals surface area contributed by atoms with Crippen LogP contribution in [0.1, 0.15) is 17.2 Å². The highest BCUT2D eigenvalue weighted by Gasteiger charge is 2.15. The maximum Gasteiger partial charge on any atom is 0.137 e. The summed E-state index contributed by atoms with van der Waals surface area (Å²) in [5, 5.41) is 10.2. The Morgan fingerprint density at radius 3 is 2.83 bits per heavy atom. The fourth-order valence-electron chi connectivity index (χ4n) is 1.60. The van der Waals surface area contributed by atoms with Crippen molar-refractivity contribution >= 4 is 15.9 Å². The van der Waals surface area contributed by atoms with E-state index in [2.05, 4.69) is 20.9 Å². The number of ether oxygens (including phenoxy) is 1. The minimum absolute atomic E-state index is 0.400. The predicted octanol–water partition coefficient (Wildman–Crippen LogP) is 3.07. The van der Waals surface area contributed by atoms with Gasteiger partial charge < -0.3 is 9.84 Å². The van der Waals surface area contributed by atoms with Gasteiger partial charge >= 0.3 is 0 Å². The zero-order valence-corrected chi connectivity index (χ0v) is 11.2. The molecule has 5 heteroatoms. The number of methoxy groups -OCH3 is 1. The molecule has 0 spiro atoms.